The second-order valence-corrected chi connectivity index (χ2v) is 1.69. The summed E-state index contributed by atoms with van der Waals surface area (Å²) in [4.78, 5) is 20.6. The number of hydrogen-bond acceptors (Lipinski definition) is 2. The molecule has 70 valence electrons. The molecule has 0 fully saturated rings. The van der Waals surface area contributed by atoms with E-state index in [2.05, 4.69) is 0 Å². The number of hydrogen-bond donors (Lipinski definition) is 2. The molecule has 0 saturated carbocycles. The van der Waals surface area contributed by atoms with Gasteiger partial charge in [-0.15, -0.1) is 11.6 Å². The van der Waals surface area contributed by atoms with Gasteiger partial charge in [-0.1, -0.05) is 0 Å². The standard InChI is InChI=1S/C4H4ClF3N2O2/c5-1-2(11)9-10-3(12)4(6,7)8/h1H2,(H,9,11)(H,10,12)/i1D2. The van der Waals surface area contributed by atoms with Crippen molar-refractivity contribution in [2.24, 2.45) is 0 Å². The molecule has 0 unspecified atom stereocenters. The molecular weight excluding hydrogens is 201 g/mol. The third kappa shape index (κ3) is 4.02. The zero-order valence-corrected chi connectivity index (χ0v) is 6.08. The van der Waals surface area contributed by atoms with E-state index >= 15 is 0 Å². The number of rotatable bonds is 1. The maximum absolute atomic E-state index is 11.5. The lowest BCUT2D eigenvalue weighted by Crippen LogP contribution is -2.48. The van der Waals surface area contributed by atoms with Gasteiger partial charge in [0.15, 0.2) is 0 Å². The van der Waals surface area contributed by atoms with E-state index < -0.39 is 23.8 Å². The van der Waals surface area contributed by atoms with E-state index in [1.54, 1.807) is 0 Å². The summed E-state index contributed by atoms with van der Waals surface area (Å²) in [6, 6.07) is 0. The van der Waals surface area contributed by atoms with Crippen LogP contribution in [0.5, 0.6) is 0 Å². The van der Waals surface area contributed by atoms with Crippen molar-refractivity contribution < 1.29 is 25.5 Å². The first kappa shape index (κ1) is 7.66. The average molecular weight is 207 g/mol. The van der Waals surface area contributed by atoms with E-state index in [-0.39, 0.29) is 0 Å². The van der Waals surface area contributed by atoms with E-state index in [1.165, 1.54) is 0 Å². The quantitative estimate of drug-likeness (QED) is 0.466. The molecule has 0 rings (SSSR count). The number of carbonyl (C=O) groups excluding carboxylic acids is 2. The number of nitrogens with one attached hydrogen (secondary N) is 2. The van der Waals surface area contributed by atoms with Gasteiger partial charge in [-0.3, -0.25) is 20.4 Å². The van der Waals surface area contributed by atoms with Crippen molar-refractivity contribution in [3.05, 3.63) is 0 Å². The molecule has 0 aliphatic rings. The fourth-order valence-corrected chi connectivity index (χ4v) is 0.255. The first-order valence-corrected chi connectivity index (χ1v) is 2.79. The van der Waals surface area contributed by atoms with Crippen LogP contribution < -0.4 is 10.9 Å². The molecular formula is C4H4ClF3N2O2. The highest BCUT2D eigenvalue weighted by Gasteiger charge is 2.38. The minimum absolute atomic E-state index is 0.941. The van der Waals surface area contributed by atoms with Crippen molar-refractivity contribution >= 4 is 23.4 Å². The first-order chi connectivity index (χ1) is 6.05. The minimum Gasteiger partial charge on any atom is -0.272 e. The lowest BCUT2D eigenvalue weighted by atomic mass is 10.6. The molecule has 0 aromatic carbocycles. The summed E-state index contributed by atoms with van der Waals surface area (Å²) in [6.07, 6.45) is -5.16. The van der Waals surface area contributed by atoms with Crippen LogP contribution in [0.4, 0.5) is 13.2 Å². The SMILES string of the molecule is [2H]C([2H])(Cl)C(=O)NNC(=O)C(F)(F)F. The van der Waals surface area contributed by atoms with Gasteiger partial charge in [0.1, 0.15) is 5.83 Å². The van der Waals surface area contributed by atoms with Crippen molar-refractivity contribution in [3.8, 4) is 0 Å². The van der Waals surface area contributed by atoms with Crippen LogP contribution in [0.1, 0.15) is 2.74 Å². The van der Waals surface area contributed by atoms with Gasteiger partial charge in [-0.25, -0.2) is 0 Å². The second kappa shape index (κ2) is 4.15. The Morgan fingerprint density at radius 2 is 1.92 bits per heavy atom. The third-order valence-corrected chi connectivity index (χ3v) is 0.804. The highest BCUT2D eigenvalue weighted by Crippen LogP contribution is 2.13. The number of hydrazine groups is 1. The number of amides is 2. The van der Waals surface area contributed by atoms with Crippen LogP contribution in [0.15, 0.2) is 0 Å². The molecule has 0 bridgehead atoms. The van der Waals surface area contributed by atoms with Gasteiger partial charge in [0.25, 0.3) is 5.91 Å². The number of carbonyl (C=O) groups is 2. The Morgan fingerprint density at radius 1 is 1.42 bits per heavy atom. The molecule has 0 spiro atoms. The van der Waals surface area contributed by atoms with Gasteiger partial charge in [0.2, 0.25) is 0 Å². The molecule has 0 heterocycles. The van der Waals surface area contributed by atoms with Crippen LogP contribution in [0, 0.1) is 0 Å². The summed E-state index contributed by atoms with van der Waals surface area (Å²) in [7, 11) is 0. The first-order valence-electron chi connectivity index (χ1n) is 3.41. The van der Waals surface area contributed by atoms with E-state index in [4.69, 9.17) is 14.3 Å². The summed E-state index contributed by atoms with van der Waals surface area (Å²) in [5.74, 6) is -6.91. The molecule has 2 N–H and O–H groups in total. The average Bonchev–Trinajstić information content (AvgIpc) is 1.95. The van der Waals surface area contributed by atoms with Crippen LogP contribution in [-0.4, -0.2) is 23.8 Å². The Kier molecular flexibility index (Phi) is 2.65. The van der Waals surface area contributed by atoms with E-state index in [0.29, 0.717) is 0 Å². The predicted octanol–water partition coefficient (Wildman–Crippen LogP) is -0.0651. The zero-order valence-electron chi connectivity index (χ0n) is 7.33. The lowest BCUT2D eigenvalue weighted by Gasteiger charge is -2.07. The Labute approximate surface area is 72.8 Å². The van der Waals surface area contributed by atoms with Crippen LogP contribution in [0.3, 0.4) is 0 Å². The molecule has 2 amide bonds. The van der Waals surface area contributed by atoms with E-state index in [0.717, 1.165) is 10.9 Å². The number of halogens is 4. The molecule has 12 heavy (non-hydrogen) atoms. The fraction of sp³-hybridized carbons (Fsp3) is 0.500. The van der Waals surface area contributed by atoms with Crippen molar-refractivity contribution in [1.29, 1.82) is 0 Å². The predicted molar refractivity (Wildman–Crippen MR) is 33.1 cm³/mol. The maximum Gasteiger partial charge on any atom is 0.472 e. The molecule has 0 aromatic rings. The highest BCUT2D eigenvalue weighted by molar-refractivity contribution is 6.27. The smallest absolute Gasteiger partial charge is 0.272 e. The summed E-state index contributed by atoms with van der Waals surface area (Å²) >= 11 is 4.77. The van der Waals surface area contributed by atoms with E-state index in [9.17, 15) is 22.8 Å². The van der Waals surface area contributed by atoms with E-state index in [1.807, 2.05) is 0 Å². The van der Waals surface area contributed by atoms with Crippen molar-refractivity contribution in [1.82, 2.24) is 10.9 Å². The molecule has 8 heteroatoms. The summed E-state index contributed by atoms with van der Waals surface area (Å²) < 4.78 is 47.6. The molecule has 0 saturated heterocycles. The van der Waals surface area contributed by atoms with Gasteiger partial charge in [-0.05, 0) is 0 Å². The molecule has 0 radical (unpaired) electrons. The van der Waals surface area contributed by atoms with Crippen molar-refractivity contribution in [2.75, 3.05) is 5.83 Å². The maximum atomic E-state index is 11.5. The van der Waals surface area contributed by atoms with Crippen LogP contribution in [-0.2, 0) is 9.59 Å². The highest BCUT2D eigenvalue weighted by atomic mass is 35.5. The Hall–Kier alpha value is -0.980. The third-order valence-electron chi connectivity index (χ3n) is 0.633. The Balaban J connectivity index is 4.10. The molecule has 0 aromatic heterocycles. The van der Waals surface area contributed by atoms with Gasteiger partial charge in [0.05, 0.1) is 2.74 Å². The molecule has 4 nitrogen and oxygen atoms in total. The van der Waals surface area contributed by atoms with Crippen molar-refractivity contribution in [2.45, 2.75) is 6.18 Å². The lowest BCUT2D eigenvalue weighted by molar-refractivity contribution is -0.175. The van der Waals surface area contributed by atoms with Gasteiger partial charge >= 0.3 is 12.1 Å². The van der Waals surface area contributed by atoms with Crippen molar-refractivity contribution in [3.63, 3.8) is 0 Å². The second-order valence-electron chi connectivity index (χ2n) is 1.50. The van der Waals surface area contributed by atoms with Gasteiger partial charge in [0, 0.05) is 0 Å². The topological polar surface area (TPSA) is 58.2 Å². The Bertz CT molecular complexity index is 226. The molecule has 0 aliphatic carbocycles. The number of alkyl halides is 4. The molecule has 0 aliphatic heterocycles. The summed E-state index contributed by atoms with van der Waals surface area (Å²) in [5.41, 5.74) is 2.10. The van der Waals surface area contributed by atoms with Crippen LogP contribution in [0.25, 0.3) is 0 Å². The van der Waals surface area contributed by atoms with Crippen LogP contribution in [0.2, 0.25) is 0 Å². The normalized spacial score (nSPS) is 14.3. The fourth-order valence-electron chi connectivity index (χ4n) is 0.208. The van der Waals surface area contributed by atoms with Gasteiger partial charge in [-0.2, -0.15) is 13.2 Å². The van der Waals surface area contributed by atoms with Gasteiger partial charge < -0.3 is 0 Å². The minimum atomic E-state index is -5.16. The Morgan fingerprint density at radius 3 is 2.25 bits per heavy atom. The zero-order chi connectivity index (χ0) is 11.6. The largest absolute Gasteiger partial charge is 0.472 e. The molecule has 0 atom stereocenters. The summed E-state index contributed by atoms with van der Waals surface area (Å²) in [6.45, 7) is 0. The monoisotopic (exact) mass is 206 g/mol. The summed E-state index contributed by atoms with van der Waals surface area (Å²) in [5, 5.41) is 0. The van der Waals surface area contributed by atoms with Crippen LogP contribution >= 0.6 is 11.6 Å².